The van der Waals surface area contributed by atoms with Crippen LogP contribution in [0.15, 0.2) is 18.5 Å². The number of hydrogen-bond donors (Lipinski definition) is 1. The molecule has 1 aromatic rings. The van der Waals surface area contributed by atoms with E-state index in [2.05, 4.69) is 46.9 Å². The minimum Gasteiger partial charge on any atom is -0.368 e. The van der Waals surface area contributed by atoms with E-state index in [0.717, 1.165) is 39.3 Å². The molecule has 1 N–H and O–H groups in total. The van der Waals surface area contributed by atoms with Gasteiger partial charge in [0.1, 0.15) is 0 Å². The van der Waals surface area contributed by atoms with Crippen molar-refractivity contribution in [3.05, 3.63) is 24.0 Å². The first kappa shape index (κ1) is 19.0. The Kier molecular flexibility index (Phi) is 6.35. The maximum absolute atomic E-state index is 12.5. The SMILES string of the molecule is Cc1cnccc1N1CCN(C(=O)NC[C@H]2CCN(CC(C)C)C2)CC1. The van der Waals surface area contributed by atoms with Gasteiger partial charge in [-0.25, -0.2) is 4.79 Å². The van der Waals surface area contributed by atoms with E-state index in [1.54, 1.807) is 0 Å². The normalized spacial score (nSPS) is 21.5. The van der Waals surface area contributed by atoms with Crippen LogP contribution in [0.5, 0.6) is 0 Å². The molecule has 1 atom stereocenters. The van der Waals surface area contributed by atoms with Crippen LogP contribution in [0.2, 0.25) is 0 Å². The smallest absolute Gasteiger partial charge is 0.317 e. The molecule has 0 aliphatic carbocycles. The van der Waals surface area contributed by atoms with Gasteiger partial charge >= 0.3 is 6.03 Å². The molecule has 26 heavy (non-hydrogen) atoms. The zero-order valence-electron chi connectivity index (χ0n) is 16.4. The van der Waals surface area contributed by atoms with E-state index in [1.807, 2.05) is 17.3 Å². The molecule has 0 bridgehead atoms. The Morgan fingerprint density at radius 3 is 2.73 bits per heavy atom. The minimum atomic E-state index is 0.0957. The number of likely N-dealkylation sites (tertiary alicyclic amines) is 1. The Bertz CT molecular complexity index is 598. The van der Waals surface area contributed by atoms with Crippen LogP contribution >= 0.6 is 0 Å². The van der Waals surface area contributed by atoms with Crippen LogP contribution in [0.25, 0.3) is 0 Å². The average Bonchev–Trinajstić information content (AvgIpc) is 3.07. The Hall–Kier alpha value is -1.82. The second kappa shape index (κ2) is 8.71. The second-order valence-electron chi connectivity index (χ2n) is 8.13. The summed E-state index contributed by atoms with van der Waals surface area (Å²) in [6.07, 6.45) is 4.94. The van der Waals surface area contributed by atoms with E-state index in [1.165, 1.54) is 30.8 Å². The molecule has 6 nitrogen and oxygen atoms in total. The lowest BCUT2D eigenvalue weighted by Gasteiger charge is -2.36. The fraction of sp³-hybridized carbons (Fsp3) is 0.700. The molecule has 0 spiro atoms. The van der Waals surface area contributed by atoms with Gasteiger partial charge < -0.3 is 20.0 Å². The maximum Gasteiger partial charge on any atom is 0.317 e. The van der Waals surface area contributed by atoms with Crippen molar-refractivity contribution in [2.24, 2.45) is 11.8 Å². The molecule has 3 rings (SSSR count). The first-order valence-electron chi connectivity index (χ1n) is 9.93. The molecule has 1 aromatic heterocycles. The van der Waals surface area contributed by atoms with Crippen LogP contribution in [0.4, 0.5) is 10.5 Å². The molecule has 2 aliphatic rings. The van der Waals surface area contributed by atoms with Crippen LogP contribution in [0, 0.1) is 18.8 Å². The highest BCUT2D eigenvalue weighted by molar-refractivity contribution is 5.74. The minimum absolute atomic E-state index is 0.0957. The molecule has 3 heterocycles. The van der Waals surface area contributed by atoms with E-state index < -0.39 is 0 Å². The summed E-state index contributed by atoms with van der Waals surface area (Å²) >= 11 is 0. The summed E-state index contributed by atoms with van der Waals surface area (Å²) < 4.78 is 0. The van der Waals surface area contributed by atoms with Gasteiger partial charge in [-0.3, -0.25) is 4.98 Å². The van der Waals surface area contributed by atoms with E-state index in [4.69, 9.17) is 0 Å². The highest BCUT2D eigenvalue weighted by Crippen LogP contribution is 2.20. The Morgan fingerprint density at radius 1 is 1.27 bits per heavy atom. The number of anilines is 1. The molecule has 2 amide bonds. The van der Waals surface area contributed by atoms with Gasteiger partial charge in [-0.05, 0) is 43.4 Å². The van der Waals surface area contributed by atoms with Crippen molar-refractivity contribution < 1.29 is 4.79 Å². The monoisotopic (exact) mass is 359 g/mol. The summed E-state index contributed by atoms with van der Waals surface area (Å²) in [5, 5.41) is 3.17. The highest BCUT2D eigenvalue weighted by atomic mass is 16.2. The molecule has 2 saturated heterocycles. The summed E-state index contributed by atoms with van der Waals surface area (Å²) in [4.78, 5) is 23.5. The van der Waals surface area contributed by atoms with Crippen molar-refractivity contribution in [2.75, 3.05) is 57.3 Å². The second-order valence-corrected chi connectivity index (χ2v) is 8.13. The number of nitrogens with one attached hydrogen (secondary N) is 1. The van der Waals surface area contributed by atoms with E-state index in [9.17, 15) is 4.79 Å². The third kappa shape index (κ3) is 4.87. The van der Waals surface area contributed by atoms with Gasteiger partial charge in [0.15, 0.2) is 0 Å². The predicted octanol–water partition coefficient (Wildman–Crippen LogP) is 2.20. The number of amides is 2. The summed E-state index contributed by atoms with van der Waals surface area (Å²) in [7, 11) is 0. The average molecular weight is 360 g/mol. The molecule has 2 fully saturated rings. The van der Waals surface area contributed by atoms with Crippen molar-refractivity contribution in [1.82, 2.24) is 20.1 Å². The van der Waals surface area contributed by atoms with Crippen molar-refractivity contribution in [3.8, 4) is 0 Å². The number of urea groups is 1. The van der Waals surface area contributed by atoms with Gasteiger partial charge in [0.2, 0.25) is 0 Å². The zero-order valence-corrected chi connectivity index (χ0v) is 16.4. The third-order valence-electron chi connectivity index (χ3n) is 5.43. The lowest BCUT2D eigenvalue weighted by molar-refractivity contribution is 0.192. The molecule has 0 radical (unpaired) electrons. The van der Waals surface area contributed by atoms with Crippen LogP contribution in [0.3, 0.4) is 0 Å². The van der Waals surface area contributed by atoms with E-state index in [0.29, 0.717) is 11.8 Å². The standard InChI is InChI=1S/C20H33N5O/c1-16(2)14-23-7-5-18(15-23)13-22-20(26)25-10-8-24(9-11-25)19-4-6-21-12-17(19)3/h4,6,12,16,18H,5,7-11,13-15H2,1-3H3,(H,22,26)/t18-/m1/s1. The number of nitrogens with zero attached hydrogens (tertiary/aromatic N) is 4. The zero-order chi connectivity index (χ0) is 18.5. The van der Waals surface area contributed by atoms with Crippen molar-refractivity contribution in [3.63, 3.8) is 0 Å². The highest BCUT2D eigenvalue weighted by Gasteiger charge is 2.25. The summed E-state index contributed by atoms with van der Waals surface area (Å²) in [6.45, 7) is 14.2. The molecule has 144 valence electrons. The number of hydrogen-bond acceptors (Lipinski definition) is 4. The number of pyridine rings is 1. The van der Waals surface area contributed by atoms with E-state index in [-0.39, 0.29) is 6.03 Å². The number of rotatable bonds is 5. The maximum atomic E-state index is 12.5. The van der Waals surface area contributed by atoms with Gasteiger partial charge in [-0.1, -0.05) is 13.8 Å². The number of piperazine rings is 1. The molecular weight excluding hydrogens is 326 g/mol. The molecule has 0 saturated carbocycles. The molecule has 2 aliphatic heterocycles. The number of aromatic nitrogens is 1. The quantitative estimate of drug-likeness (QED) is 0.876. The number of carbonyl (C=O) groups excluding carboxylic acids is 1. The van der Waals surface area contributed by atoms with Crippen LogP contribution < -0.4 is 10.2 Å². The lowest BCUT2D eigenvalue weighted by atomic mass is 10.1. The third-order valence-corrected chi connectivity index (χ3v) is 5.43. The van der Waals surface area contributed by atoms with Crippen LogP contribution in [0.1, 0.15) is 25.8 Å². The fourth-order valence-corrected chi connectivity index (χ4v) is 4.08. The summed E-state index contributed by atoms with van der Waals surface area (Å²) in [5.41, 5.74) is 2.42. The lowest BCUT2D eigenvalue weighted by Crippen LogP contribution is -2.52. The van der Waals surface area contributed by atoms with E-state index >= 15 is 0 Å². The van der Waals surface area contributed by atoms with Crippen LogP contribution in [-0.4, -0.2) is 73.2 Å². The largest absolute Gasteiger partial charge is 0.368 e. The first-order chi connectivity index (χ1) is 12.5. The molecule has 6 heteroatoms. The molecular formula is C20H33N5O. The summed E-state index contributed by atoms with van der Waals surface area (Å²) in [5.74, 6) is 1.31. The Balaban J connectivity index is 1.40. The van der Waals surface area contributed by atoms with Crippen molar-refractivity contribution in [2.45, 2.75) is 27.2 Å². The molecule has 0 unspecified atom stereocenters. The van der Waals surface area contributed by atoms with Gasteiger partial charge in [-0.15, -0.1) is 0 Å². The molecule has 0 aromatic carbocycles. The van der Waals surface area contributed by atoms with Gasteiger partial charge in [-0.2, -0.15) is 0 Å². The Labute approximate surface area is 157 Å². The van der Waals surface area contributed by atoms with Crippen LogP contribution in [-0.2, 0) is 0 Å². The topological polar surface area (TPSA) is 51.7 Å². The van der Waals surface area contributed by atoms with Gasteiger partial charge in [0.25, 0.3) is 0 Å². The Morgan fingerprint density at radius 2 is 2.04 bits per heavy atom. The first-order valence-corrected chi connectivity index (χ1v) is 9.93. The van der Waals surface area contributed by atoms with Crippen molar-refractivity contribution in [1.29, 1.82) is 0 Å². The summed E-state index contributed by atoms with van der Waals surface area (Å²) in [6, 6.07) is 2.16. The predicted molar refractivity (Wildman–Crippen MR) is 106 cm³/mol. The fourth-order valence-electron chi connectivity index (χ4n) is 4.08. The van der Waals surface area contributed by atoms with Gasteiger partial charge in [0, 0.05) is 63.9 Å². The van der Waals surface area contributed by atoms with Crippen molar-refractivity contribution >= 4 is 11.7 Å². The number of carbonyl (C=O) groups is 1. The van der Waals surface area contributed by atoms with Gasteiger partial charge in [0.05, 0.1) is 0 Å². The number of aryl methyl sites for hydroxylation is 1.